The standard InChI is InChI=1S/C12H19N3O2S.ClH/c1-9-7-13-4-6-14(9)11(16)3-5-15-10(2)8-18-12(15)17;/h8-9,13H,3-7H2,1-2H3;1H/t9-;/m1./s1. The Balaban J connectivity index is 0.00000180. The Kier molecular flexibility index (Phi) is 6.03. The van der Waals surface area contributed by atoms with Gasteiger partial charge in [0.2, 0.25) is 5.91 Å². The molecule has 7 heteroatoms. The van der Waals surface area contributed by atoms with Gasteiger partial charge in [-0.1, -0.05) is 11.3 Å². The van der Waals surface area contributed by atoms with Gasteiger partial charge in [0.15, 0.2) is 0 Å². The second kappa shape index (κ2) is 7.07. The number of thiazole rings is 1. The van der Waals surface area contributed by atoms with E-state index in [2.05, 4.69) is 5.32 Å². The topological polar surface area (TPSA) is 54.3 Å². The highest BCUT2D eigenvalue weighted by atomic mass is 35.5. The minimum atomic E-state index is 0. The van der Waals surface area contributed by atoms with Crippen LogP contribution < -0.4 is 10.2 Å². The summed E-state index contributed by atoms with van der Waals surface area (Å²) in [7, 11) is 0. The van der Waals surface area contributed by atoms with Crippen LogP contribution in [0.25, 0.3) is 0 Å². The lowest BCUT2D eigenvalue weighted by Crippen LogP contribution is -2.52. The quantitative estimate of drug-likeness (QED) is 0.901. The summed E-state index contributed by atoms with van der Waals surface area (Å²) in [5.74, 6) is 0.140. The number of aryl methyl sites for hydroxylation is 1. The first-order valence-electron chi connectivity index (χ1n) is 6.24. The van der Waals surface area contributed by atoms with Crippen LogP contribution in [0.15, 0.2) is 10.2 Å². The van der Waals surface area contributed by atoms with E-state index in [1.54, 1.807) is 4.57 Å². The molecule has 1 aromatic heterocycles. The molecule has 1 aliphatic heterocycles. The van der Waals surface area contributed by atoms with Gasteiger partial charge in [-0.3, -0.25) is 9.59 Å². The maximum absolute atomic E-state index is 12.1. The number of carbonyl (C=O) groups excluding carboxylic acids is 1. The summed E-state index contributed by atoms with van der Waals surface area (Å²) in [6.07, 6.45) is 0.405. The fourth-order valence-corrected chi connectivity index (χ4v) is 3.00. The average Bonchev–Trinajstić information content (AvgIpc) is 2.67. The monoisotopic (exact) mass is 305 g/mol. The third-order valence-electron chi connectivity index (χ3n) is 3.35. The first-order chi connectivity index (χ1) is 8.59. The molecule has 2 heterocycles. The van der Waals surface area contributed by atoms with Gasteiger partial charge in [-0.25, -0.2) is 0 Å². The van der Waals surface area contributed by atoms with Crippen molar-refractivity contribution >= 4 is 29.7 Å². The summed E-state index contributed by atoms with van der Waals surface area (Å²) in [6.45, 7) is 6.90. The highest BCUT2D eigenvalue weighted by Crippen LogP contribution is 2.07. The van der Waals surface area contributed by atoms with Crippen molar-refractivity contribution in [2.24, 2.45) is 0 Å². The molecule has 2 rings (SSSR count). The molecule has 5 nitrogen and oxygen atoms in total. The molecular weight excluding hydrogens is 286 g/mol. The van der Waals surface area contributed by atoms with Crippen LogP contribution >= 0.6 is 23.7 Å². The Labute approximate surface area is 123 Å². The average molecular weight is 306 g/mol. The van der Waals surface area contributed by atoms with Crippen molar-refractivity contribution in [3.8, 4) is 0 Å². The van der Waals surface area contributed by atoms with E-state index < -0.39 is 0 Å². The molecule has 1 atom stereocenters. The van der Waals surface area contributed by atoms with E-state index in [0.717, 1.165) is 25.3 Å². The number of hydrogen-bond donors (Lipinski definition) is 1. The Morgan fingerprint density at radius 1 is 1.58 bits per heavy atom. The first-order valence-corrected chi connectivity index (χ1v) is 7.12. The Morgan fingerprint density at radius 3 is 2.89 bits per heavy atom. The minimum Gasteiger partial charge on any atom is -0.337 e. The normalized spacial score (nSPS) is 19.1. The molecule has 0 radical (unpaired) electrons. The summed E-state index contributed by atoms with van der Waals surface area (Å²) in [6, 6.07) is 0.242. The number of amides is 1. The van der Waals surface area contributed by atoms with Crippen LogP contribution in [0.5, 0.6) is 0 Å². The molecular formula is C12H20ClN3O2S. The maximum atomic E-state index is 12.1. The van der Waals surface area contributed by atoms with Gasteiger partial charge in [-0.2, -0.15) is 0 Å². The van der Waals surface area contributed by atoms with Crippen molar-refractivity contribution in [3.05, 3.63) is 20.7 Å². The zero-order valence-corrected chi connectivity index (χ0v) is 12.9. The van der Waals surface area contributed by atoms with E-state index in [1.807, 2.05) is 24.1 Å². The van der Waals surface area contributed by atoms with Gasteiger partial charge in [0.05, 0.1) is 0 Å². The van der Waals surface area contributed by atoms with Crippen LogP contribution in [0.3, 0.4) is 0 Å². The van der Waals surface area contributed by atoms with E-state index >= 15 is 0 Å². The van der Waals surface area contributed by atoms with Gasteiger partial charge in [-0.05, 0) is 13.8 Å². The smallest absolute Gasteiger partial charge is 0.307 e. The predicted octanol–water partition coefficient (Wildman–Crippen LogP) is 0.850. The molecule has 19 heavy (non-hydrogen) atoms. The van der Waals surface area contributed by atoms with Crippen molar-refractivity contribution < 1.29 is 4.79 Å². The molecule has 0 aliphatic carbocycles. The minimum absolute atomic E-state index is 0. The SMILES string of the molecule is Cc1csc(=O)n1CCC(=O)N1CCNC[C@H]1C.Cl. The van der Waals surface area contributed by atoms with Crippen molar-refractivity contribution in [2.45, 2.75) is 32.9 Å². The van der Waals surface area contributed by atoms with Crippen LogP contribution in [0.2, 0.25) is 0 Å². The van der Waals surface area contributed by atoms with Crippen molar-refractivity contribution in [1.82, 2.24) is 14.8 Å². The van der Waals surface area contributed by atoms with Crippen LogP contribution in [-0.4, -0.2) is 41.1 Å². The highest BCUT2D eigenvalue weighted by molar-refractivity contribution is 7.07. The van der Waals surface area contributed by atoms with Crippen molar-refractivity contribution in [1.29, 1.82) is 0 Å². The molecule has 1 amide bonds. The molecule has 0 spiro atoms. The molecule has 0 saturated carbocycles. The maximum Gasteiger partial charge on any atom is 0.307 e. The lowest BCUT2D eigenvalue weighted by Gasteiger charge is -2.34. The van der Waals surface area contributed by atoms with Crippen LogP contribution in [0, 0.1) is 6.92 Å². The largest absolute Gasteiger partial charge is 0.337 e. The summed E-state index contributed by atoms with van der Waals surface area (Å²) in [5.41, 5.74) is 0.936. The molecule has 1 fully saturated rings. The number of nitrogens with one attached hydrogen (secondary N) is 1. The van der Waals surface area contributed by atoms with Gasteiger partial charge in [0, 0.05) is 49.7 Å². The van der Waals surface area contributed by atoms with E-state index in [-0.39, 0.29) is 29.2 Å². The number of rotatable bonds is 3. The molecule has 0 unspecified atom stereocenters. The van der Waals surface area contributed by atoms with E-state index in [1.165, 1.54) is 11.3 Å². The third-order valence-corrected chi connectivity index (χ3v) is 4.23. The molecule has 0 aromatic carbocycles. The second-order valence-corrected chi connectivity index (χ2v) is 5.51. The van der Waals surface area contributed by atoms with E-state index in [4.69, 9.17) is 0 Å². The zero-order valence-electron chi connectivity index (χ0n) is 11.2. The van der Waals surface area contributed by atoms with E-state index in [9.17, 15) is 9.59 Å². The number of halogens is 1. The Morgan fingerprint density at radius 2 is 2.32 bits per heavy atom. The van der Waals surface area contributed by atoms with Gasteiger partial charge >= 0.3 is 4.87 Å². The molecule has 0 bridgehead atoms. The predicted molar refractivity (Wildman–Crippen MR) is 79.2 cm³/mol. The van der Waals surface area contributed by atoms with Crippen molar-refractivity contribution in [2.75, 3.05) is 19.6 Å². The number of hydrogen-bond acceptors (Lipinski definition) is 4. The van der Waals surface area contributed by atoms with Gasteiger partial charge in [-0.15, -0.1) is 12.4 Å². The summed E-state index contributed by atoms with van der Waals surface area (Å²) < 4.78 is 1.68. The summed E-state index contributed by atoms with van der Waals surface area (Å²) in [4.78, 5) is 25.6. The van der Waals surface area contributed by atoms with Crippen LogP contribution in [-0.2, 0) is 11.3 Å². The Bertz CT molecular complexity index is 486. The molecule has 1 aliphatic rings. The fourth-order valence-electron chi connectivity index (χ4n) is 2.24. The second-order valence-electron chi connectivity index (χ2n) is 4.68. The zero-order chi connectivity index (χ0) is 13.1. The third kappa shape index (κ3) is 3.81. The molecule has 1 aromatic rings. The van der Waals surface area contributed by atoms with E-state index in [0.29, 0.717) is 13.0 Å². The van der Waals surface area contributed by atoms with Crippen LogP contribution in [0.1, 0.15) is 19.0 Å². The van der Waals surface area contributed by atoms with Crippen molar-refractivity contribution in [3.63, 3.8) is 0 Å². The number of piperazine rings is 1. The van der Waals surface area contributed by atoms with Gasteiger partial charge in [0.25, 0.3) is 0 Å². The molecule has 108 valence electrons. The van der Waals surface area contributed by atoms with Gasteiger partial charge < -0.3 is 14.8 Å². The van der Waals surface area contributed by atoms with Gasteiger partial charge in [0.1, 0.15) is 0 Å². The lowest BCUT2D eigenvalue weighted by atomic mass is 10.2. The fraction of sp³-hybridized carbons (Fsp3) is 0.667. The number of nitrogens with zero attached hydrogens (tertiary/aromatic N) is 2. The number of carbonyl (C=O) groups is 1. The summed E-state index contributed by atoms with van der Waals surface area (Å²) >= 11 is 1.19. The molecule has 1 N–H and O–H groups in total. The van der Waals surface area contributed by atoms with Crippen LogP contribution in [0.4, 0.5) is 0 Å². The number of aromatic nitrogens is 1. The first kappa shape index (κ1) is 16.2. The lowest BCUT2D eigenvalue weighted by molar-refractivity contribution is -0.134. The Hall–Kier alpha value is -0.850. The molecule has 1 saturated heterocycles. The summed E-state index contributed by atoms with van der Waals surface area (Å²) in [5, 5.41) is 5.09. The highest BCUT2D eigenvalue weighted by Gasteiger charge is 2.22.